The second-order valence-electron chi connectivity index (χ2n) is 7.74. The molecule has 2 saturated heterocycles. The zero-order valence-corrected chi connectivity index (χ0v) is 17.8. The highest BCUT2D eigenvalue weighted by atomic mass is 35.5. The van der Waals surface area contributed by atoms with E-state index in [9.17, 15) is 9.59 Å². The summed E-state index contributed by atoms with van der Waals surface area (Å²) in [5.74, 6) is 1.91. The highest BCUT2D eigenvalue weighted by molar-refractivity contribution is 6.58. The van der Waals surface area contributed by atoms with Crippen molar-refractivity contribution in [2.24, 2.45) is 23.7 Å². The number of carbonyl (C=O) groups excluding carboxylic acids is 2. The summed E-state index contributed by atoms with van der Waals surface area (Å²) in [7, 11) is 0. The molecular formula is C18H31Cl3N2O2. The van der Waals surface area contributed by atoms with E-state index in [0.29, 0.717) is 36.6 Å². The molecule has 3 unspecified atom stereocenters. The number of amides is 2. The van der Waals surface area contributed by atoms with Crippen molar-refractivity contribution >= 4 is 46.6 Å². The number of hydrogen-bond donors (Lipinski definition) is 2. The second-order valence-corrected chi connectivity index (χ2v) is 9.76. The Balaban J connectivity index is 0.000000251. The molecule has 146 valence electrons. The van der Waals surface area contributed by atoms with E-state index >= 15 is 0 Å². The molecule has 4 nitrogen and oxygen atoms in total. The highest BCUT2D eigenvalue weighted by Crippen LogP contribution is 2.35. The van der Waals surface area contributed by atoms with Crippen LogP contribution in [0.2, 0.25) is 0 Å². The first-order valence-electron chi connectivity index (χ1n) is 9.12. The van der Waals surface area contributed by atoms with E-state index in [1.807, 2.05) is 0 Å². The number of carbonyl (C=O) groups is 2. The standard InChI is InChI=1S/C9H15Cl2NO.C9H16ClNO/c1-6(2)7-3-4-12-8(13)9(10,11)5-7;1-6(2)7-3-4-11-9(12)8(10)5-7/h6-7H,3-5H2,1-2H3,(H,12,13);6-8H,3-5H2,1-2H3,(H,11,12). The summed E-state index contributed by atoms with van der Waals surface area (Å²) >= 11 is 17.7. The maximum atomic E-state index is 11.3. The molecule has 2 rings (SSSR count). The molecule has 0 saturated carbocycles. The van der Waals surface area contributed by atoms with E-state index in [0.717, 1.165) is 25.8 Å². The largest absolute Gasteiger partial charge is 0.355 e. The van der Waals surface area contributed by atoms with E-state index in [-0.39, 0.29) is 17.2 Å². The van der Waals surface area contributed by atoms with Gasteiger partial charge in [0, 0.05) is 13.1 Å². The van der Waals surface area contributed by atoms with Gasteiger partial charge in [-0.3, -0.25) is 9.59 Å². The predicted molar refractivity (Wildman–Crippen MR) is 105 cm³/mol. The van der Waals surface area contributed by atoms with Gasteiger partial charge in [0.2, 0.25) is 5.91 Å². The maximum Gasteiger partial charge on any atom is 0.256 e. The fraction of sp³-hybridized carbons (Fsp3) is 0.889. The van der Waals surface area contributed by atoms with Crippen LogP contribution in [-0.2, 0) is 9.59 Å². The van der Waals surface area contributed by atoms with Crippen LogP contribution in [-0.4, -0.2) is 34.6 Å². The zero-order chi connectivity index (χ0) is 19.2. The van der Waals surface area contributed by atoms with Gasteiger partial charge in [0.25, 0.3) is 5.91 Å². The Morgan fingerprint density at radius 1 is 0.960 bits per heavy atom. The summed E-state index contributed by atoms with van der Waals surface area (Å²) in [5, 5.41) is 5.21. The Morgan fingerprint density at radius 2 is 1.48 bits per heavy atom. The summed E-state index contributed by atoms with van der Waals surface area (Å²) in [5.41, 5.74) is 0. The van der Waals surface area contributed by atoms with Crippen LogP contribution in [0.3, 0.4) is 0 Å². The second kappa shape index (κ2) is 10.2. The lowest BCUT2D eigenvalue weighted by Gasteiger charge is -2.22. The van der Waals surface area contributed by atoms with Crippen LogP contribution in [0.1, 0.15) is 53.4 Å². The SMILES string of the molecule is CC(C)C1CCNC(=O)C(Cl)(Cl)C1.CC(C)C1CCNC(=O)C(Cl)C1. The normalized spacial score (nSPS) is 29.9. The summed E-state index contributed by atoms with van der Waals surface area (Å²) in [4.78, 5) is 22.5. The van der Waals surface area contributed by atoms with Crippen LogP contribution in [0.4, 0.5) is 0 Å². The molecule has 0 bridgehead atoms. The van der Waals surface area contributed by atoms with Crippen molar-refractivity contribution in [1.82, 2.24) is 10.6 Å². The van der Waals surface area contributed by atoms with Crippen LogP contribution in [0.5, 0.6) is 0 Å². The van der Waals surface area contributed by atoms with E-state index in [1.54, 1.807) is 0 Å². The van der Waals surface area contributed by atoms with E-state index in [1.165, 1.54) is 0 Å². The highest BCUT2D eigenvalue weighted by Gasteiger charge is 2.39. The van der Waals surface area contributed by atoms with Crippen LogP contribution >= 0.6 is 34.8 Å². The van der Waals surface area contributed by atoms with Crippen molar-refractivity contribution < 1.29 is 9.59 Å². The molecule has 0 spiro atoms. The van der Waals surface area contributed by atoms with Crippen LogP contribution < -0.4 is 10.6 Å². The molecule has 3 atom stereocenters. The Morgan fingerprint density at radius 3 is 2.04 bits per heavy atom. The number of nitrogens with one attached hydrogen (secondary N) is 2. The summed E-state index contributed by atoms with van der Waals surface area (Å²) in [6.45, 7) is 10.1. The maximum absolute atomic E-state index is 11.3. The van der Waals surface area contributed by atoms with Crippen molar-refractivity contribution in [3.05, 3.63) is 0 Å². The zero-order valence-electron chi connectivity index (χ0n) is 15.6. The third kappa shape index (κ3) is 7.52. The van der Waals surface area contributed by atoms with Crippen molar-refractivity contribution in [2.75, 3.05) is 13.1 Å². The smallest absolute Gasteiger partial charge is 0.256 e. The van der Waals surface area contributed by atoms with Crippen molar-refractivity contribution in [3.63, 3.8) is 0 Å². The number of alkyl halides is 3. The van der Waals surface area contributed by atoms with E-state index in [4.69, 9.17) is 34.8 Å². The quantitative estimate of drug-likeness (QED) is 0.669. The van der Waals surface area contributed by atoms with Gasteiger partial charge >= 0.3 is 0 Å². The topological polar surface area (TPSA) is 58.2 Å². The summed E-state index contributed by atoms with van der Waals surface area (Å²) in [6, 6.07) is 0. The van der Waals surface area contributed by atoms with Gasteiger partial charge in [-0.15, -0.1) is 11.6 Å². The third-order valence-corrected chi connectivity index (χ3v) is 6.17. The third-order valence-electron chi connectivity index (χ3n) is 5.15. The van der Waals surface area contributed by atoms with Crippen molar-refractivity contribution in [2.45, 2.75) is 63.1 Å². The molecule has 2 amide bonds. The van der Waals surface area contributed by atoms with E-state index in [2.05, 4.69) is 38.3 Å². The molecule has 2 heterocycles. The molecule has 2 N–H and O–H groups in total. The molecule has 0 aromatic carbocycles. The average molecular weight is 414 g/mol. The molecule has 0 aliphatic carbocycles. The lowest BCUT2D eigenvalue weighted by Crippen LogP contribution is -2.36. The lowest BCUT2D eigenvalue weighted by molar-refractivity contribution is -0.122. The minimum Gasteiger partial charge on any atom is -0.355 e. The van der Waals surface area contributed by atoms with Gasteiger partial charge in [0.15, 0.2) is 4.33 Å². The van der Waals surface area contributed by atoms with Gasteiger partial charge < -0.3 is 10.6 Å². The van der Waals surface area contributed by atoms with Gasteiger partial charge in [-0.25, -0.2) is 0 Å². The van der Waals surface area contributed by atoms with Crippen molar-refractivity contribution in [3.8, 4) is 0 Å². The Kier molecular flexibility index (Phi) is 9.34. The fourth-order valence-corrected chi connectivity index (χ4v) is 4.02. The summed E-state index contributed by atoms with van der Waals surface area (Å²) < 4.78 is -1.23. The predicted octanol–water partition coefficient (Wildman–Crippen LogP) is 4.12. The van der Waals surface area contributed by atoms with Crippen LogP contribution in [0.15, 0.2) is 0 Å². The van der Waals surface area contributed by atoms with Gasteiger partial charge in [-0.1, -0.05) is 50.9 Å². The first kappa shape index (κ1) is 22.9. The average Bonchev–Trinajstić information content (AvgIpc) is 2.76. The van der Waals surface area contributed by atoms with Crippen LogP contribution in [0, 0.1) is 23.7 Å². The molecule has 0 radical (unpaired) electrons. The number of rotatable bonds is 2. The molecule has 2 aliphatic heterocycles. The molecule has 7 heteroatoms. The molecule has 25 heavy (non-hydrogen) atoms. The molecule has 2 fully saturated rings. The Labute approximate surface area is 166 Å². The van der Waals surface area contributed by atoms with Gasteiger partial charge in [0.1, 0.15) is 5.38 Å². The van der Waals surface area contributed by atoms with Gasteiger partial charge in [-0.05, 0) is 49.4 Å². The minimum absolute atomic E-state index is 0.000170. The minimum atomic E-state index is -1.23. The van der Waals surface area contributed by atoms with E-state index < -0.39 is 4.33 Å². The first-order chi connectivity index (χ1) is 11.5. The molecular weight excluding hydrogens is 383 g/mol. The first-order valence-corrected chi connectivity index (χ1v) is 10.3. The fourth-order valence-electron chi connectivity index (χ4n) is 3.18. The monoisotopic (exact) mass is 412 g/mol. The Hall–Kier alpha value is -0.190. The Bertz CT molecular complexity index is 456. The van der Waals surface area contributed by atoms with Crippen LogP contribution in [0.25, 0.3) is 0 Å². The van der Waals surface area contributed by atoms with Gasteiger partial charge in [-0.2, -0.15) is 0 Å². The molecule has 0 aromatic rings. The number of halogens is 3. The lowest BCUT2D eigenvalue weighted by atomic mass is 9.89. The van der Waals surface area contributed by atoms with Gasteiger partial charge in [0.05, 0.1) is 0 Å². The number of hydrogen-bond acceptors (Lipinski definition) is 2. The summed E-state index contributed by atoms with van der Waals surface area (Å²) in [6.07, 6.45) is 3.40. The molecule has 0 aromatic heterocycles. The van der Waals surface area contributed by atoms with Crippen molar-refractivity contribution in [1.29, 1.82) is 0 Å². The molecule has 2 aliphatic rings.